The maximum atomic E-state index is 12.4. The van der Waals surface area contributed by atoms with Crippen LogP contribution in [0.25, 0.3) is 0 Å². The molecular formula is C16H19Cl2N5O. The van der Waals surface area contributed by atoms with E-state index < -0.39 is 0 Å². The lowest BCUT2D eigenvalue weighted by Crippen LogP contribution is -2.22. The first-order chi connectivity index (χ1) is 11.3. The number of benzene rings is 1. The highest BCUT2D eigenvalue weighted by Crippen LogP contribution is 2.22. The lowest BCUT2D eigenvalue weighted by molar-refractivity contribution is 0.102. The molecule has 0 spiro atoms. The standard InChI is InChI=1S/C16H19Cl2N5O/c1-10-6-14(22-16(20-10)19-4-5-23(2)3)15(24)21-13-8-11(17)7-12(18)9-13/h6-9H,4-5H2,1-3H3,(H,21,24)(H,19,20,22). The lowest BCUT2D eigenvalue weighted by atomic mass is 10.3. The second-order valence-electron chi connectivity index (χ2n) is 5.56. The molecule has 1 aromatic heterocycles. The zero-order valence-corrected chi connectivity index (χ0v) is 15.2. The number of hydrogen-bond acceptors (Lipinski definition) is 5. The fraction of sp³-hybridized carbons (Fsp3) is 0.312. The Morgan fingerprint density at radius 3 is 2.42 bits per heavy atom. The highest BCUT2D eigenvalue weighted by molar-refractivity contribution is 6.35. The lowest BCUT2D eigenvalue weighted by Gasteiger charge is -2.12. The van der Waals surface area contributed by atoms with Crippen LogP contribution >= 0.6 is 23.2 Å². The van der Waals surface area contributed by atoms with Gasteiger partial charge < -0.3 is 15.5 Å². The molecular weight excluding hydrogens is 349 g/mol. The van der Waals surface area contributed by atoms with E-state index in [0.29, 0.717) is 33.9 Å². The Balaban J connectivity index is 2.12. The van der Waals surface area contributed by atoms with Gasteiger partial charge >= 0.3 is 0 Å². The maximum Gasteiger partial charge on any atom is 0.274 e. The molecule has 128 valence electrons. The van der Waals surface area contributed by atoms with Gasteiger partial charge in [0.15, 0.2) is 0 Å². The summed E-state index contributed by atoms with van der Waals surface area (Å²) < 4.78 is 0. The molecule has 0 aliphatic rings. The third-order valence-electron chi connectivity index (χ3n) is 3.05. The normalized spacial score (nSPS) is 10.8. The van der Waals surface area contributed by atoms with E-state index in [0.717, 1.165) is 6.54 Å². The molecule has 0 aliphatic carbocycles. The Kier molecular flexibility index (Phi) is 6.36. The van der Waals surface area contributed by atoms with Crippen LogP contribution in [0.5, 0.6) is 0 Å². The van der Waals surface area contributed by atoms with E-state index in [1.54, 1.807) is 24.3 Å². The van der Waals surface area contributed by atoms with Gasteiger partial charge in [0.2, 0.25) is 5.95 Å². The molecule has 0 saturated heterocycles. The Morgan fingerprint density at radius 1 is 1.12 bits per heavy atom. The maximum absolute atomic E-state index is 12.4. The molecule has 2 aromatic rings. The van der Waals surface area contributed by atoms with Crippen molar-refractivity contribution in [3.05, 3.63) is 45.7 Å². The Hall–Kier alpha value is -1.89. The average Bonchev–Trinajstić information content (AvgIpc) is 2.45. The number of amides is 1. The molecule has 1 heterocycles. The topological polar surface area (TPSA) is 70.2 Å². The smallest absolute Gasteiger partial charge is 0.274 e. The number of halogens is 2. The van der Waals surface area contributed by atoms with Gasteiger partial charge in [0.05, 0.1) is 0 Å². The predicted octanol–water partition coefficient (Wildman–Crippen LogP) is 3.32. The van der Waals surface area contributed by atoms with E-state index in [1.165, 1.54) is 0 Å². The van der Waals surface area contributed by atoms with Crippen molar-refractivity contribution in [2.75, 3.05) is 37.8 Å². The summed E-state index contributed by atoms with van der Waals surface area (Å²) in [6.07, 6.45) is 0. The molecule has 24 heavy (non-hydrogen) atoms. The second kappa shape index (κ2) is 8.28. The molecule has 0 atom stereocenters. The van der Waals surface area contributed by atoms with Gasteiger partial charge in [0, 0.05) is 34.5 Å². The summed E-state index contributed by atoms with van der Waals surface area (Å²) in [5, 5.41) is 6.74. The first-order valence-corrected chi connectivity index (χ1v) is 8.11. The van der Waals surface area contributed by atoms with Gasteiger partial charge in [-0.25, -0.2) is 9.97 Å². The second-order valence-corrected chi connectivity index (χ2v) is 6.43. The van der Waals surface area contributed by atoms with Crippen LogP contribution in [-0.2, 0) is 0 Å². The monoisotopic (exact) mass is 367 g/mol. The van der Waals surface area contributed by atoms with Crippen LogP contribution < -0.4 is 10.6 Å². The predicted molar refractivity (Wildman–Crippen MR) is 98.2 cm³/mol. The van der Waals surface area contributed by atoms with E-state index in [1.807, 2.05) is 25.9 Å². The number of hydrogen-bond donors (Lipinski definition) is 2. The van der Waals surface area contributed by atoms with Gasteiger partial charge in [-0.05, 0) is 45.3 Å². The highest BCUT2D eigenvalue weighted by atomic mass is 35.5. The minimum Gasteiger partial charge on any atom is -0.353 e. The Labute approximate surface area is 151 Å². The number of aromatic nitrogens is 2. The number of carbonyl (C=O) groups is 1. The number of anilines is 2. The quantitative estimate of drug-likeness (QED) is 0.819. The Morgan fingerprint density at radius 2 is 1.79 bits per heavy atom. The summed E-state index contributed by atoms with van der Waals surface area (Å²) in [6.45, 7) is 3.33. The van der Waals surface area contributed by atoms with Crippen molar-refractivity contribution < 1.29 is 4.79 Å². The van der Waals surface area contributed by atoms with Crippen LogP contribution in [0.4, 0.5) is 11.6 Å². The summed E-state index contributed by atoms with van der Waals surface area (Å²) in [7, 11) is 3.96. The fourth-order valence-electron chi connectivity index (χ4n) is 1.98. The number of carbonyl (C=O) groups excluding carboxylic acids is 1. The molecule has 1 aromatic carbocycles. The van der Waals surface area contributed by atoms with Gasteiger partial charge in [-0.2, -0.15) is 0 Å². The summed E-state index contributed by atoms with van der Waals surface area (Å²) in [6, 6.07) is 6.46. The van der Waals surface area contributed by atoms with E-state index in [9.17, 15) is 4.79 Å². The van der Waals surface area contributed by atoms with Crippen LogP contribution in [-0.4, -0.2) is 48.0 Å². The van der Waals surface area contributed by atoms with Crippen LogP contribution in [0.15, 0.2) is 24.3 Å². The molecule has 0 aliphatic heterocycles. The Bertz CT molecular complexity index is 716. The average molecular weight is 368 g/mol. The van der Waals surface area contributed by atoms with E-state index >= 15 is 0 Å². The summed E-state index contributed by atoms with van der Waals surface area (Å²) in [5.74, 6) is 0.0700. The fourth-order valence-corrected chi connectivity index (χ4v) is 2.50. The van der Waals surface area contributed by atoms with E-state index in [-0.39, 0.29) is 11.6 Å². The van der Waals surface area contributed by atoms with Gasteiger partial charge in [-0.15, -0.1) is 0 Å². The number of aryl methyl sites for hydroxylation is 1. The number of nitrogens with one attached hydrogen (secondary N) is 2. The van der Waals surface area contributed by atoms with E-state index in [2.05, 4.69) is 20.6 Å². The van der Waals surface area contributed by atoms with Crippen molar-refractivity contribution in [1.29, 1.82) is 0 Å². The van der Waals surface area contributed by atoms with Crippen LogP contribution in [0.3, 0.4) is 0 Å². The molecule has 0 saturated carbocycles. The molecule has 1 amide bonds. The van der Waals surface area contributed by atoms with Crippen molar-refractivity contribution in [3.8, 4) is 0 Å². The summed E-state index contributed by atoms with van der Waals surface area (Å²) in [5.41, 5.74) is 1.48. The molecule has 6 nitrogen and oxygen atoms in total. The van der Waals surface area contributed by atoms with Crippen LogP contribution in [0.2, 0.25) is 10.0 Å². The summed E-state index contributed by atoms with van der Waals surface area (Å²) in [4.78, 5) is 23.0. The number of likely N-dealkylation sites (N-methyl/N-ethyl adjacent to an activating group) is 1. The first kappa shape index (κ1) is 18.4. The third-order valence-corrected chi connectivity index (χ3v) is 3.49. The van der Waals surface area contributed by atoms with E-state index in [4.69, 9.17) is 23.2 Å². The first-order valence-electron chi connectivity index (χ1n) is 7.35. The highest BCUT2D eigenvalue weighted by Gasteiger charge is 2.12. The number of rotatable bonds is 6. The minimum atomic E-state index is -0.352. The van der Waals surface area contributed by atoms with Crippen molar-refractivity contribution in [3.63, 3.8) is 0 Å². The molecule has 0 bridgehead atoms. The van der Waals surface area contributed by atoms with Crippen LogP contribution in [0, 0.1) is 6.92 Å². The molecule has 0 radical (unpaired) electrons. The zero-order valence-electron chi connectivity index (χ0n) is 13.7. The van der Waals surface area contributed by atoms with Gasteiger partial charge in [-0.1, -0.05) is 23.2 Å². The molecule has 0 unspecified atom stereocenters. The van der Waals surface area contributed by atoms with Crippen molar-refractivity contribution in [2.45, 2.75) is 6.92 Å². The zero-order chi connectivity index (χ0) is 17.7. The van der Waals surface area contributed by atoms with Crippen LogP contribution in [0.1, 0.15) is 16.2 Å². The largest absolute Gasteiger partial charge is 0.353 e. The third kappa shape index (κ3) is 5.63. The van der Waals surface area contributed by atoms with Gasteiger partial charge in [0.25, 0.3) is 5.91 Å². The summed E-state index contributed by atoms with van der Waals surface area (Å²) >= 11 is 11.9. The molecule has 2 rings (SSSR count). The number of nitrogens with zero attached hydrogens (tertiary/aromatic N) is 3. The van der Waals surface area contributed by atoms with Gasteiger partial charge in [0.1, 0.15) is 5.69 Å². The van der Waals surface area contributed by atoms with Crippen molar-refractivity contribution >= 4 is 40.7 Å². The minimum absolute atomic E-state index is 0.269. The SMILES string of the molecule is Cc1cc(C(=O)Nc2cc(Cl)cc(Cl)c2)nc(NCCN(C)C)n1. The molecule has 8 heteroatoms. The molecule has 0 fully saturated rings. The van der Waals surface area contributed by atoms with Gasteiger partial charge in [-0.3, -0.25) is 4.79 Å². The van der Waals surface area contributed by atoms with Crippen molar-refractivity contribution in [2.24, 2.45) is 0 Å². The molecule has 2 N–H and O–H groups in total. The van der Waals surface area contributed by atoms with Crippen molar-refractivity contribution in [1.82, 2.24) is 14.9 Å².